The summed E-state index contributed by atoms with van der Waals surface area (Å²) in [5.41, 5.74) is 1.20. The normalized spacial score (nSPS) is 17.7. The van der Waals surface area contributed by atoms with E-state index in [1.165, 1.54) is 11.0 Å². The lowest BCUT2D eigenvalue weighted by Gasteiger charge is -2.13. The van der Waals surface area contributed by atoms with Gasteiger partial charge < -0.3 is 15.1 Å². The van der Waals surface area contributed by atoms with Crippen LogP contribution in [0, 0.1) is 18.8 Å². The molecule has 8 nitrogen and oxygen atoms in total. The Kier molecular flexibility index (Phi) is 5.43. The molecule has 0 saturated carbocycles. The lowest BCUT2D eigenvalue weighted by atomic mass is 10.0. The van der Waals surface area contributed by atoms with Gasteiger partial charge in [0.05, 0.1) is 5.69 Å². The first kappa shape index (κ1) is 21.2. The number of rotatable bonds is 3. The monoisotopic (exact) mass is 428 g/mol. The number of carbonyl (C=O) groups excluding carboxylic acids is 1. The second-order valence-electron chi connectivity index (χ2n) is 7.62. The van der Waals surface area contributed by atoms with Crippen LogP contribution >= 0.6 is 0 Å². The zero-order valence-electron chi connectivity index (χ0n) is 17.5. The number of likely N-dealkylation sites (tertiary alicyclic amines) is 1. The van der Waals surface area contributed by atoms with Crippen LogP contribution in [0.15, 0.2) is 48.7 Å². The van der Waals surface area contributed by atoms with Crippen molar-refractivity contribution in [2.45, 2.75) is 18.9 Å². The molecule has 8 heteroatoms. The Hall–Kier alpha value is -4.09. The highest BCUT2D eigenvalue weighted by Crippen LogP contribution is 2.24. The summed E-state index contributed by atoms with van der Waals surface area (Å²) in [6.07, 6.45) is 1.87. The number of aromatic nitrogens is 3. The summed E-state index contributed by atoms with van der Waals surface area (Å²) in [6.45, 7) is 2.30. The van der Waals surface area contributed by atoms with Gasteiger partial charge in [0, 0.05) is 48.6 Å². The number of likely N-dealkylation sites (N-methyl/N-ethyl adjacent to an activating group) is 1. The molecule has 0 radical (unpaired) electrons. The number of carboxylic acids is 1. The van der Waals surface area contributed by atoms with Gasteiger partial charge in [-0.3, -0.25) is 9.78 Å². The highest BCUT2D eigenvalue weighted by Gasteiger charge is 2.42. The van der Waals surface area contributed by atoms with Crippen LogP contribution in [-0.4, -0.2) is 61.1 Å². The minimum atomic E-state index is -1.70. The Morgan fingerprint density at radius 2 is 1.97 bits per heavy atom. The fraction of sp³-hybridized carbons (Fsp3) is 0.208. The molecule has 1 fully saturated rings. The fourth-order valence-electron chi connectivity index (χ4n) is 3.33. The number of pyridine rings is 1. The van der Waals surface area contributed by atoms with E-state index >= 15 is 0 Å². The zero-order valence-corrected chi connectivity index (χ0v) is 17.5. The van der Waals surface area contributed by atoms with Crippen LogP contribution in [0.4, 0.5) is 0 Å². The molecule has 4 rings (SSSR count). The van der Waals surface area contributed by atoms with Gasteiger partial charge in [-0.15, -0.1) is 0 Å². The van der Waals surface area contributed by atoms with E-state index in [-0.39, 0.29) is 17.9 Å². The molecule has 0 bridgehead atoms. The Morgan fingerprint density at radius 1 is 1.16 bits per heavy atom. The lowest BCUT2D eigenvalue weighted by Crippen LogP contribution is -2.37. The Balaban J connectivity index is 1.73. The van der Waals surface area contributed by atoms with Crippen molar-refractivity contribution in [3.05, 3.63) is 65.6 Å². The maximum Gasteiger partial charge on any atom is 0.354 e. The molecular formula is C24H20N4O4. The van der Waals surface area contributed by atoms with E-state index in [1.54, 1.807) is 37.5 Å². The highest BCUT2D eigenvalue weighted by atomic mass is 16.4. The van der Waals surface area contributed by atoms with Crippen molar-refractivity contribution in [2.24, 2.45) is 0 Å². The topological polar surface area (TPSA) is 117 Å². The van der Waals surface area contributed by atoms with E-state index in [1.807, 2.05) is 19.1 Å². The number of hydrogen-bond acceptors (Lipinski definition) is 6. The Labute approximate surface area is 184 Å². The third-order valence-electron chi connectivity index (χ3n) is 5.20. The molecule has 1 aliphatic rings. The molecule has 2 aromatic heterocycles. The van der Waals surface area contributed by atoms with Crippen LogP contribution in [0.3, 0.4) is 0 Å². The summed E-state index contributed by atoms with van der Waals surface area (Å²) in [7, 11) is 1.62. The fourth-order valence-corrected chi connectivity index (χ4v) is 3.33. The van der Waals surface area contributed by atoms with E-state index in [9.17, 15) is 19.8 Å². The molecule has 1 amide bonds. The molecule has 1 aliphatic heterocycles. The molecule has 1 atom stereocenters. The second-order valence-corrected chi connectivity index (χ2v) is 7.62. The number of carboxylic acid groups (broad SMARTS) is 1. The molecule has 0 spiro atoms. The average Bonchev–Trinajstić information content (AvgIpc) is 3.06. The summed E-state index contributed by atoms with van der Waals surface area (Å²) in [5.74, 6) is 4.16. The van der Waals surface area contributed by atoms with Crippen molar-refractivity contribution in [3.8, 4) is 34.5 Å². The largest absolute Gasteiger partial charge is 0.477 e. The van der Waals surface area contributed by atoms with E-state index in [4.69, 9.17) is 0 Å². The maximum absolute atomic E-state index is 12.1. The zero-order chi connectivity index (χ0) is 22.9. The standard InChI is InChI=1S/C24H20N4O4/c1-15-6-7-18(14-25-15)19-13-20(22(29)30)27-21(26-19)17-5-3-4-16(12-17)8-9-24(32)10-11-28(2)23(24)31/h3-7,12-14,32H,10-11H2,1-2H3,(H,29,30)/t24-/m0/s1. The molecule has 1 saturated heterocycles. The lowest BCUT2D eigenvalue weighted by molar-refractivity contribution is -0.137. The van der Waals surface area contributed by atoms with Gasteiger partial charge in [-0.1, -0.05) is 24.0 Å². The summed E-state index contributed by atoms with van der Waals surface area (Å²) in [5, 5.41) is 20.0. The van der Waals surface area contributed by atoms with Gasteiger partial charge in [0.1, 0.15) is 0 Å². The number of aryl methyl sites for hydroxylation is 1. The number of nitrogens with zero attached hydrogens (tertiary/aromatic N) is 4. The van der Waals surface area contributed by atoms with Crippen molar-refractivity contribution in [1.29, 1.82) is 0 Å². The number of benzene rings is 1. The third kappa shape index (κ3) is 4.19. The maximum atomic E-state index is 12.1. The van der Waals surface area contributed by atoms with Crippen LogP contribution in [0.2, 0.25) is 0 Å². The van der Waals surface area contributed by atoms with Gasteiger partial charge in [0.2, 0.25) is 5.60 Å². The third-order valence-corrected chi connectivity index (χ3v) is 5.20. The average molecular weight is 428 g/mol. The molecule has 1 aromatic carbocycles. The SMILES string of the molecule is Cc1ccc(-c2cc(C(=O)O)nc(-c3cccc(C#C[C@]4(O)CCN(C)C4=O)c3)n2)cn1. The van der Waals surface area contributed by atoms with Gasteiger partial charge in [-0.2, -0.15) is 0 Å². The van der Waals surface area contributed by atoms with Crippen LogP contribution < -0.4 is 0 Å². The predicted octanol–water partition coefficient (Wildman–Crippen LogP) is 2.16. The van der Waals surface area contributed by atoms with Crippen LogP contribution in [0.25, 0.3) is 22.6 Å². The molecule has 160 valence electrons. The van der Waals surface area contributed by atoms with Crippen molar-refractivity contribution in [3.63, 3.8) is 0 Å². The van der Waals surface area contributed by atoms with Crippen molar-refractivity contribution >= 4 is 11.9 Å². The quantitative estimate of drug-likeness (QED) is 0.614. The predicted molar refractivity (Wildman–Crippen MR) is 116 cm³/mol. The first-order chi connectivity index (χ1) is 15.2. The van der Waals surface area contributed by atoms with E-state index in [0.29, 0.717) is 28.9 Å². The minimum absolute atomic E-state index is 0.143. The van der Waals surface area contributed by atoms with Gasteiger partial charge in [0.15, 0.2) is 11.5 Å². The summed E-state index contributed by atoms with van der Waals surface area (Å²) < 4.78 is 0. The van der Waals surface area contributed by atoms with Crippen molar-refractivity contribution in [2.75, 3.05) is 13.6 Å². The molecule has 32 heavy (non-hydrogen) atoms. The van der Waals surface area contributed by atoms with Gasteiger partial charge in [-0.25, -0.2) is 14.8 Å². The number of aliphatic hydroxyl groups is 1. The number of hydrogen-bond donors (Lipinski definition) is 2. The van der Waals surface area contributed by atoms with E-state index < -0.39 is 17.5 Å². The summed E-state index contributed by atoms with van der Waals surface area (Å²) in [4.78, 5) is 38.2. The molecule has 2 N–H and O–H groups in total. The Morgan fingerprint density at radius 3 is 2.62 bits per heavy atom. The number of carbonyl (C=O) groups is 2. The van der Waals surface area contributed by atoms with Crippen molar-refractivity contribution < 1.29 is 19.8 Å². The molecule has 0 unspecified atom stereocenters. The van der Waals surface area contributed by atoms with Crippen molar-refractivity contribution in [1.82, 2.24) is 19.9 Å². The number of amides is 1. The smallest absolute Gasteiger partial charge is 0.354 e. The second kappa shape index (κ2) is 8.21. The van der Waals surface area contributed by atoms with Gasteiger partial charge >= 0.3 is 5.97 Å². The highest BCUT2D eigenvalue weighted by molar-refractivity contribution is 5.90. The summed E-state index contributed by atoms with van der Waals surface area (Å²) in [6, 6.07) is 11.9. The van der Waals surface area contributed by atoms with E-state index in [0.717, 1.165) is 5.69 Å². The number of aromatic carboxylic acids is 1. The molecule has 3 aromatic rings. The van der Waals surface area contributed by atoms with Crippen LogP contribution in [0.5, 0.6) is 0 Å². The van der Waals surface area contributed by atoms with Crippen LogP contribution in [-0.2, 0) is 4.79 Å². The Bertz CT molecular complexity index is 1280. The first-order valence-corrected chi connectivity index (χ1v) is 9.92. The molecule has 0 aliphatic carbocycles. The van der Waals surface area contributed by atoms with E-state index in [2.05, 4.69) is 26.8 Å². The first-order valence-electron chi connectivity index (χ1n) is 9.92. The van der Waals surface area contributed by atoms with Crippen LogP contribution in [0.1, 0.15) is 28.2 Å². The molecular weight excluding hydrogens is 408 g/mol. The molecule has 3 heterocycles. The minimum Gasteiger partial charge on any atom is -0.477 e. The van der Waals surface area contributed by atoms with Gasteiger partial charge in [0.25, 0.3) is 5.91 Å². The summed E-state index contributed by atoms with van der Waals surface area (Å²) >= 11 is 0. The van der Waals surface area contributed by atoms with Gasteiger partial charge in [-0.05, 0) is 37.3 Å².